The molecular formula is C30H46Cl3N3O8Si. The van der Waals surface area contributed by atoms with Gasteiger partial charge in [0.25, 0.3) is 0 Å². The number of aromatic nitrogens is 1. The van der Waals surface area contributed by atoms with Crippen LogP contribution in [-0.2, 0) is 25.1 Å². The molecule has 11 nitrogen and oxygen atoms in total. The normalized spacial score (nSPS) is 19.9. The van der Waals surface area contributed by atoms with Gasteiger partial charge in [0.15, 0.2) is 19.7 Å². The fraction of sp³-hybridized carbons (Fsp3) is 0.733. The minimum Gasteiger partial charge on any atom is -0.478 e. The van der Waals surface area contributed by atoms with E-state index in [4.69, 9.17) is 53.2 Å². The standard InChI is InChI=1S/C30H46Cl3N3O8Si/c1-27(2,3)42-25(39)35-16-19-15-20(22-14-18(34-44-22)12-11-13-41-45(9,10)28(4,5)6)23(24(37)38)21(17-35)36(19)26(40)43-29(7,8)30(31,32)33/h14,19,21H,11-13,15-17H2,1-10H3,(H,37,38). The summed E-state index contributed by atoms with van der Waals surface area (Å²) in [6.07, 6.45) is -0.148. The maximum atomic E-state index is 13.6. The summed E-state index contributed by atoms with van der Waals surface area (Å²) in [6.45, 7) is 19.5. The third-order valence-electron chi connectivity index (χ3n) is 8.47. The van der Waals surface area contributed by atoms with Crippen molar-refractivity contribution in [3.8, 4) is 0 Å². The maximum absolute atomic E-state index is 13.6. The lowest BCUT2D eigenvalue weighted by Gasteiger charge is -2.50. The van der Waals surface area contributed by atoms with Crippen molar-refractivity contribution >= 4 is 66.8 Å². The number of rotatable bonds is 8. The van der Waals surface area contributed by atoms with E-state index in [0.29, 0.717) is 30.1 Å². The molecule has 2 atom stereocenters. The van der Waals surface area contributed by atoms with E-state index >= 15 is 0 Å². The first-order valence-electron chi connectivity index (χ1n) is 15.0. The highest BCUT2D eigenvalue weighted by Crippen LogP contribution is 2.43. The van der Waals surface area contributed by atoms with Crippen molar-refractivity contribution in [1.29, 1.82) is 0 Å². The molecule has 0 spiro atoms. The average Bonchev–Trinajstić information content (AvgIpc) is 3.31. The zero-order valence-electron chi connectivity index (χ0n) is 27.8. The first-order valence-corrected chi connectivity index (χ1v) is 19.0. The van der Waals surface area contributed by atoms with Crippen LogP contribution in [0, 0.1) is 0 Å². The number of halogens is 3. The number of aliphatic carboxylic acids is 1. The number of carbonyl (C=O) groups is 3. The van der Waals surface area contributed by atoms with Crippen LogP contribution in [0.4, 0.5) is 9.59 Å². The summed E-state index contributed by atoms with van der Waals surface area (Å²) >= 11 is 18.2. The van der Waals surface area contributed by atoms with Crippen LogP contribution in [0.3, 0.4) is 0 Å². The van der Waals surface area contributed by atoms with Crippen molar-refractivity contribution in [3.63, 3.8) is 0 Å². The zero-order valence-corrected chi connectivity index (χ0v) is 31.0. The third kappa shape index (κ3) is 8.88. The van der Waals surface area contributed by atoms with E-state index in [2.05, 4.69) is 39.0 Å². The van der Waals surface area contributed by atoms with Gasteiger partial charge < -0.3 is 28.4 Å². The largest absolute Gasteiger partial charge is 0.478 e. The lowest BCUT2D eigenvalue weighted by atomic mass is 9.84. The van der Waals surface area contributed by atoms with Crippen molar-refractivity contribution in [2.24, 2.45) is 0 Å². The van der Waals surface area contributed by atoms with Crippen LogP contribution >= 0.6 is 34.8 Å². The highest BCUT2D eigenvalue weighted by Gasteiger charge is 2.52. The van der Waals surface area contributed by atoms with Crippen LogP contribution < -0.4 is 0 Å². The van der Waals surface area contributed by atoms with Crippen molar-refractivity contribution in [2.75, 3.05) is 19.7 Å². The van der Waals surface area contributed by atoms with Crippen LogP contribution in [0.5, 0.6) is 0 Å². The van der Waals surface area contributed by atoms with Gasteiger partial charge in [0, 0.05) is 31.3 Å². The molecule has 1 saturated heterocycles. The zero-order chi connectivity index (χ0) is 34.3. The number of nitrogens with zero attached hydrogens (tertiary/aromatic N) is 3. The van der Waals surface area contributed by atoms with Gasteiger partial charge >= 0.3 is 18.2 Å². The molecule has 1 fully saturated rings. The second-order valence-electron chi connectivity index (χ2n) is 14.6. The van der Waals surface area contributed by atoms with Crippen LogP contribution in [0.25, 0.3) is 5.57 Å². The van der Waals surface area contributed by atoms with Gasteiger partial charge in [0.05, 0.1) is 23.4 Å². The number of carbonyl (C=O) groups excluding carboxylic acids is 2. The predicted octanol–water partition coefficient (Wildman–Crippen LogP) is 7.45. The number of hydrogen-bond donors (Lipinski definition) is 1. The van der Waals surface area contributed by atoms with Crippen LogP contribution in [0.1, 0.15) is 79.7 Å². The number of hydrogen-bond acceptors (Lipinski definition) is 8. The maximum Gasteiger partial charge on any atom is 0.411 e. The fourth-order valence-electron chi connectivity index (χ4n) is 4.86. The number of carboxylic acid groups (broad SMARTS) is 1. The molecule has 3 heterocycles. The Morgan fingerprint density at radius 2 is 1.64 bits per heavy atom. The summed E-state index contributed by atoms with van der Waals surface area (Å²) in [5.74, 6) is -0.985. The number of amides is 2. The summed E-state index contributed by atoms with van der Waals surface area (Å²) in [4.78, 5) is 42.2. The number of piperazine rings is 1. The second-order valence-corrected chi connectivity index (χ2v) is 21.7. The lowest BCUT2D eigenvalue weighted by Crippen LogP contribution is -2.65. The molecule has 15 heteroatoms. The molecule has 0 aliphatic carbocycles. The van der Waals surface area contributed by atoms with Gasteiger partial charge in [-0.15, -0.1) is 0 Å². The Balaban J connectivity index is 1.93. The monoisotopic (exact) mass is 709 g/mol. The summed E-state index contributed by atoms with van der Waals surface area (Å²) in [5, 5.41) is 14.8. The molecule has 2 unspecified atom stereocenters. The van der Waals surface area contributed by atoms with Gasteiger partial charge in [-0.2, -0.15) is 0 Å². The number of alkyl halides is 3. The molecule has 1 aromatic heterocycles. The van der Waals surface area contributed by atoms with Crippen molar-refractivity contribution in [1.82, 2.24) is 15.0 Å². The number of fused-ring (bicyclic) bond motifs is 2. The molecule has 2 aliphatic rings. The Kier molecular flexibility index (Phi) is 11.0. The minimum atomic E-state index is -1.96. The molecule has 3 rings (SSSR count). The van der Waals surface area contributed by atoms with Crippen molar-refractivity contribution < 1.29 is 37.9 Å². The van der Waals surface area contributed by atoms with E-state index in [9.17, 15) is 19.5 Å². The molecule has 2 bridgehead atoms. The summed E-state index contributed by atoms with van der Waals surface area (Å²) in [7, 11) is -1.89. The molecule has 254 valence electrons. The second kappa shape index (κ2) is 13.3. The van der Waals surface area contributed by atoms with E-state index in [-0.39, 0.29) is 30.1 Å². The Morgan fingerprint density at radius 1 is 1.02 bits per heavy atom. The van der Waals surface area contributed by atoms with Crippen molar-refractivity contribution in [2.45, 2.75) is 120 Å². The van der Waals surface area contributed by atoms with E-state index in [1.807, 2.05) is 0 Å². The summed E-state index contributed by atoms with van der Waals surface area (Å²) in [5.41, 5.74) is -1.39. The third-order valence-corrected chi connectivity index (χ3v) is 14.4. The molecule has 0 saturated carbocycles. The number of carboxylic acids is 1. The van der Waals surface area contributed by atoms with E-state index in [1.54, 1.807) is 26.8 Å². The molecule has 45 heavy (non-hydrogen) atoms. The number of ether oxygens (including phenoxy) is 2. The summed E-state index contributed by atoms with van der Waals surface area (Å²) < 4.78 is 21.2. The average molecular weight is 711 g/mol. The quantitative estimate of drug-likeness (QED) is 0.166. The Labute approximate surface area is 281 Å². The Morgan fingerprint density at radius 3 is 2.18 bits per heavy atom. The van der Waals surface area contributed by atoms with Crippen molar-refractivity contribution in [3.05, 3.63) is 23.1 Å². The Bertz CT molecular complexity index is 1310. The molecule has 1 N–H and O–H groups in total. The SMILES string of the molecule is CC(C)(C)OC(=O)N1CC2CC(c3cc(CCCO[Si](C)(C)C(C)(C)C)no3)=C(C(=O)O)C(C1)N2C(=O)OC(C)(C)C(Cl)(Cl)Cl. The van der Waals surface area contributed by atoms with Crippen LogP contribution in [0.2, 0.25) is 18.1 Å². The lowest BCUT2D eigenvalue weighted by molar-refractivity contribution is -0.134. The predicted molar refractivity (Wildman–Crippen MR) is 175 cm³/mol. The first-order chi connectivity index (χ1) is 20.3. The van der Waals surface area contributed by atoms with Crippen LogP contribution in [0.15, 0.2) is 16.2 Å². The molecule has 1 aromatic rings. The minimum absolute atomic E-state index is 0.0455. The highest BCUT2D eigenvalue weighted by atomic mass is 35.6. The van der Waals surface area contributed by atoms with Gasteiger partial charge in [-0.05, 0) is 72.0 Å². The summed E-state index contributed by atoms with van der Waals surface area (Å²) in [6, 6.07) is -0.0753. The Hall–Kier alpha value is -1.99. The molecule has 2 aliphatic heterocycles. The van der Waals surface area contributed by atoms with Gasteiger partial charge in [0.1, 0.15) is 5.60 Å². The topological polar surface area (TPSA) is 132 Å². The van der Waals surface area contributed by atoms with Gasteiger partial charge in [-0.25, -0.2) is 14.4 Å². The molecule has 0 aromatic carbocycles. The van der Waals surface area contributed by atoms with Gasteiger partial charge in [-0.3, -0.25) is 4.90 Å². The van der Waals surface area contributed by atoms with Gasteiger partial charge in [0.2, 0.25) is 3.79 Å². The first kappa shape index (κ1) is 37.5. The molecular weight excluding hydrogens is 665 g/mol. The van der Waals surface area contributed by atoms with E-state index in [0.717, 1.165) is 6.42 Å². The van der Waals surface area contributed by atoms with E-state index in [1.165, 1.54) is 23.6 Å². The van der Waals surface area contributed by atoms with E-state index < -0.39 is 53.6 Å². The molecule has 2 amide bonds. The fourth-order valence-corrected chi connectivity index (χ4v) is 6.07. The molecule has 0 radical (unpaired) electrons. The highest BCUT2D eigenvalue weighted by molar-refractivity contribution is 6.74. The number of aryl methyl sites for hydroxylation is 1. The van der Waals surface area contributed by atoms with Gasteiger partial charge in [-0.1, -0.05) is 60.7 Å². The van der Waals surface area contributed by atoms with Crippen LogP contribution in [-0.4, -0.2) is 93.3 Å². The smallest absolute Gasteiger partial charge is 0.411 e.